The van der Waals surface area contributed by atoms with Crippen molar-refractivity contribution in [3.8, 4) is 0 Å². The summed E-state index contributed by atoms with van der Waals surface area (Å²) in [5.74, 6) is 1.04. The molecule has 2 amide bonds. The highest BCUT2D eigenvalue weighted by atomic mass is 16.3. The SMILES string of the molecule is CCC(CC)C(O)CNC(=O)Nc1cccnc1N1CCCC1. The molecule has 1 atom stereocenters. The largest absolute Gasteiger partial charge is 0.391 e. The molecular weight excluding hydrogens is 292 g/mol. The quantitative estimate of drug-likeness (QED) is 0.721. The molecule has 1 saturated heterocycles. The molecule has 1 fully saturated rings. The number of aliphatic hydroxyl groups is 1. The van der Waals surface area contributed by atoms with Crippen molar-refractivity contribution in [2.45, 2.75) is 45.6 Å². The van der Waals surface area contributed by atoms with Crippen molar-refractivity contribution in [1.29, 1.82) is 0 Å². The molecule has 6 heteroatoms. The highest BCUT2D eigenvalue weighted by Gasteiger charge is 2.19. The molecule has 1 aliphatic heterocycles. The molecule has 1 aliphatic rings. The van der Waals surface area contributed by atoms with E-state index in [0.717, 1.165) is 44.6 Å². The van der Waals surface area contributed by atoms with Gasteiger partial charge >= 0.3 is 6.03 Å². The summed E-state index contributed by atoms with van der Waals surface area (Å²) >= 11 is 0. The van der Waals surface area contributed by atoms with Gasteiger partial charge in [-0.15, -0.1) is 0 Å². The van der Waals surface area contributed by atoms with Gasteiger partial charge in [-0.1, -0.05) is 26.7 Å². The second-order valence-corrected chi connectivity index (χ2v) is 6.05. The van der Waals surface area contributed by atoms with Gasteiger partial charge in [-0.3, -0.25) is 0 Å². The summed E-state index contributed by atoms with van der Waals surface area (Å²) in [7, 11) is 0. The molecule has 6 nitrogen and oxygen atoms in total. The van der Waals surface area contributed by atoms with Gasteiger partial charge < -0.3 is 20.6 Å². The first kappa shape index (κ1) is 17.5. The Morgan fingerprint density at radius 2 is 2.04 bits per heavy atom. The molecule has 128 valence electrons. The highest BCUT2D eigenvalue weighted by molar-refractivity contribution is 5.92. The molecule has 1 aromatic heterocycles. The van der Waals surface area contributed by atoms with Crippen LogP contribution in [0, 0.1) is 5.92 Å². The minimum atomic E-state index is -0.511. The molecule has 0 spiro atoms. The fourth-order valence-electron chi connectivity index (χ4n) is 3.04. The number of hydrogen-bond donors (Lipinski definition) is 3. The summed E-state index contributed by atoms with van der Waals surface area (Å²) in [4.78, 5) is 18.7. The maximum atomic E-state index is 12.1. The zero-order valence-electron chi connectivity index (χ0n) is 14.1. The number of rotatable bonds is 7. The second kappa shape index (κ2) is 8.72. The fraction of sp³-hybridized carbons (Fsp3) is 0.647. The van der Waals surface area contributed by atoms with Crippen molar-refractivity contribution in [2.24, 2.45) is 5.92 Å². The molecular formula is C17H28N4O2. The Balaban J connectivity index is 1.90. The Kier molecular flexibility index (Phi) is 6.65. The Bertz CT molecular complexity index is 499. The number of aromatic nitrogens is 1. The molecule has 2 rings (SSSR count). The van der Waals surface area contributed by atoms with Gasteiger partial charge in [-0.25, -0.2) is 9.78 Å². The molecule has 1 aromatic rings. The Morgan fingerprint density at radius 3 is 2.70 bits per heavy atom. The van der Waals surface area contributed by atoms with Crippen LogP contribution < -0.4 is 15.5 Å². The third-order valence-electron chi connectivity index (χ3n) is 4.51. The van der Waals surface area contributed by atoms with Crippen LogP contribution in [0.1, 0.15) is 39.5 Å². The monoisotopic (exact) mass is 320 g/mol. The second-order valence-electron chi connectivity index (χ2n) is 6.05. The van der Waals surface area contributed by atoms with E-state index < -0.39 is 6.10 Å². The smallest absolute Gasteiger partial charge is 0.319 e. The average molecular weight is 320 g/mol. The van der Waals surface area contributed by atoms with E-state index in [1.54, 1.807) is 6.20 Å². The van der Waals surface area contributed by atoms with Gasteiger partial charge in [0, 0.05) is 25.8 Å². The number of carbonyl (C=O) groups is 1. The summed E-state index contributed by atoms with van der Waals surface area (Å²) in [6.07, 6.45) is 5.36. The molecule has 2 heterocycles. The van der Waals surface area contributed by atoms with Crippen LogP contribution in [0.4, 0.5) is 16.3 Å². The van der Waals surface area contributed by atoms with Gasteiger partial charge in [0.05, 0.1) is 11.8 Å². The zero-order chi connectivity index (χ0) is 16.7. The highest BCUT2D eigenvalue weighted by Crippen LogP contribution is 2.25. The van der Waals surface area contributed by atoms with Crippen LogP contribution in [0.15, 0.2) is 18.3 Å². The van der Waals surface area contributed by atoms with Crippen LogP contribution in [0.25, 0.3) is 0 Å². The summed E-state index contributed by atoms with van der Waals surface area (Å²) in [5.41, 5.74) is 0.712. The molecule has 0 aliphatic carbocycles. The molecule has 0 bridgehead atoms. The molecule has 0 aromatic carbocycles. The molecule has 1 unspecified atom stereocenters. The topological polar surface area (TPSA) is 77.5 Å². The normalized spacial score (nSPS) is 15.7. The van der Waals surface area contributed by atoms with Crippen molar-refractivity contribution in [2.75, 3.05) is 29.9 Å². The van der Waals surface area contributed by atoms with Crippen molar-refractivity contribution in [1.82, 2.24) is 10.3 Å². The third kappa shape index (κ3) is 4.82. The summed E-state index contributed by atoms with van der Waals surface area (Å²) in [5, 5.41) is 15.7. The first-order valence-corrected chi connectivity index (χ1v) is 8.58. The maximum absolute atomic E-state index is 12.1. The van der Waals surface area contributed by atoms with E-state index in [2.05, 4.69) is 34.4 Å². The summed E-state index contributed by atoms with van der Waals surface area (Å²) in [6.45, 7) is 6.31. The lowest BCUT2D eigenvalue weighted by Gasteiger charge is -2.22. The lowest BCUT2D eigenvalue weighted by atomic mass is 9.97. The van der Waals surface area contributed by atoms with Crippen LogP contribution in [-0.2, 0) is 0 Å². The number of amides is 2. The minimum absolute atomic E-state index is 0.217. The fourth-order valence-corrected chi connectivity index (χ4v) is 3.04. The number of hydrogen-bond acceptors (Lipinski definition) is 4. The molecule has 0 saturated carbocycles. The molecule has 23 heavy (non-hydrogen) atoms. The maximum Gasteiger partial charge on any atom is 0.319 e. The van der Waals surface area contributed by atoms with Crippen molar-refractivity contribution >= 4 is 17.5 Å². The standard InChI is InChI=1S/C17H28N4O2/c1-3-13(4-2)15(22)12-19-17(23)20-14-8-7-9-18-16(14)21-10-5-6-11-21/h7-9,13,15,22H,3-6,10-12H2,1-2H3,(H2,19,20,23). The van der Waals surface area contributed by atoms with E-state index in [9.17, 15) is 9.90 Å². The van der Waals surface area contributed by atoms with E-state index >= 15 is 0 Å². The van der Waals surface area contributed by atoms with Crippen LogP contribution in [0.5, 0.6) is 0 Å². The van der Waals surface area contributed by atoms with Gasteiger partial charge in [-0.05, 0) is 30.9 Å². The van der Waals surface area contributed by atoms with Crippen LogP contribution in [0.3, 0.4) is 0 Å². The zero-order valence-corrected chi connectivity index (χ0v) is 14.1. The lowest BCUT2D eigenvalue weighted by Crippen LogP contribution is -2.38. The van der Waals surface area contributed by atoms with Crippen molar-refractivity contribution in [3.05, 3.63) is 18.3 Å². The number of aliphatic hydroxyl groups excluding tert-OH is 1. The third-order valence-corrected chi connectivity index (χ3v) is 4.51. The van der Waals surface area contributed by atoms with Crippen LogP contribution in [0.2, 0.25) is 0 Å². The summed E-state index contributed by atoms with van der Waals surface area (Å²) in [6, 6.07) is 3.37. The van der Waals surface area contributed by atoms with E-state index in [4.69, 9.17) is 0 Å². The van der Waals surface area contributed by atoms with Gasteiger partial charge in [0.15, 0.2) is 5.82 Å². The number of nitrogens with one attached hydrogen (secondary N) is 2. The van der Waals surface area contributed by atoms with Gasteiger partial charge in [-0.2, -0.15) is 0 Å². The number of anilines is 2. The number of pyridine rings is 1. The summed E-state index contributed by atoms with van der Waals surface area (Å²) < 4.78 is 0. The van der Waals surface area contributed by atoms with Crippen molar-refractivity contribution in [3.63, 3.8) is 0 Å². The van der Waals surface area contributed by atoms with E-state index in [-0.39, 0.29) is 18.5 Å². The first-order chi connectivity index (χ1) is 11.2. The van der Waals surface area contributed by atoms with Gasteiger partial charge in [0.25, 0.3) is 0 Å². The van der Waals surface area contributed by atoms with Crippen LogP contribution in [-0.4, -0.2) is 41.9 Å². The number of carbonyl (C=O) groups excluding carboxylic acids is 1. The van der Waals surface area contributed by atoms with Gasteiger partial charge in [0.2, 0.25) is 0 Å². The van der Waals surface area contributed by atoms with Gasteiger partial charge in [0.1, 0.15) is 0 Å². The Labute approximate surface area is 138 Å². The van der Waals surface area contributed by atoms with Crippen molar-refractivity contribution < 1.29 is 9.90 Å². The van der Waals surface area contributed by atoms with Crippen LogP contribution >= 0.6 is 0 Å². The number of urea groups is 1. The predicted molar refractivity (Wildman–Crippen MR) is 92.8 cm³/mol. The lowest BCUT2D eigenvalue weighted by molar-refractivity contribution is 0.104. The number of nitrogens with zero attached hydrogens (tertiary/aromatic N) is 2. The van der Waals surface area contributed by atoms with E-state index in [1.807, 2.05) is 12.1 Å². The Hall–Kier alpha value is -1.82. The molecule has 0 radical (unpaired) electrons. The Morgan fingerprint density at radius 1 is 1.35 bits per heavy atom. The average Bonchev–Trinajstić information content (AvgIpc) is 3.09. The predicted octanol–water partition coefficient (Wildman–Crippen LogP) is 2.60. The van der Waals surface area contributed by atoms with E-state index in [1.165, 1.54) is 0 Å². The minimum Gasteiger partial charge on any atom is -0.391 e. The first-order valence-electron chi connectivity index (χ1n) is 8.58. The van der Waals surface area contributed by atoms with E-state index in [0.29, 0.717) is 5.69 Å². The molecule has 3 N–H and O–H groups in total.